The first-order valence-electron chi connectivity index (χ1n) is 12.0. The lowest BCUT2D eigenvalue weighted by atomic mass is 10.1. The van der Waals surface area contributed by atoms with Gasteiger partial charge >= 0.3 is 0 Å². The van der Waals surface area contributed by atoms with E-state index in [1.807, 2.05) is 44.2 Å². The molecule has 0 saturated carbocycles. The second-order valence-electron chi connectivity index (χ2n) is 8.75. The van der Waals surface area contributed by atoms with Gasteiger partial charge in [0.05, 0.1) is 22.0 Å². The molecular weight excluding hydrogens is 533 g/mol. The lowest BCUT2D eigenvalue weighted by Gasteiger charge is -2.33. The van der Waals surface area contributed by atoms with Crippen LogP contribution in [0, 0.1) is 0 Å². The third-order valence-corrected chi connectivity index (χ3v) is 7.85. The molecule has 0 aliphatic rings. The number of sulfonamides is 1. The Balaban J connectivity index is 2.03. The van der Waals surface area contributed by atoms with Crippen molar-refractivity contribution in [1.29, 1.82) is 0 Å². The van der Waals surface area contributed by atoms with E-state index in [1.54, 1.807) is 30.3 Å². The standard InChI is InChI=1S/C27H31Cl2N3O4S/c1-4-15-30-27(34)24(5-2)31(17-19-13-14-22(28)23(29)16-19)26(33)18-32(37(3,35)36)25-12-8-10-20-9-6-7-11-21(20)25/h6-14,16,24H,4-5,15,17-18H2,1-3H3,(H,30,34). The number of nitrogens with one attached hydrogen (secondary N) is 1. The normalized spacial score (nSPS) is 12.2. The first-order valence-corrected chi connectivity index (χ1v) is 14.6. The number of nitrogens with zero attached hydrogens (tertiary/aromatic N) is 2. The van der Waals surface area contributed by atoms with Crippen LogP contribution in [0.2, 0.25) is 10.0 Å². The summed E-state index contributed by atoms with van der Waals surface area (Å²) in [7, 11) is -3.84. The van der Waals surface area contributed by atoms with E-state index in [0.29, 0.717) is 39.6 Å². The van der Waals surface area contributed by atoms with E-state index in [0.717, 1.165) is 22.4 Å². The zero-order chi connectivity index (χ0) is 27.2. The van der Waals surface area contributed by atoms with Gasteiger partial charge in [-0.15, -0.1) is 0 Å². The van der Waals surface area contributed by atoms with Crippen molar-refractivity contribution in [2.45, 2.75) is 39.3 Å². The highest BCUT2D eigenvalue weighted by Gasteiger charge is 2.32. The van der Waals surface area contributed by atoms with Gasteiger partial charge in [-0.2, -0.15) is 0 Å². The maximum Gasteiger partial charge on any atom is 0.244 e. The average Bonchev–Trinajstić information content (AvgIpc) is 2.86. The van der Waals surface area contributed by atoms with Gasteiger partial charge in [0.25, 0.3) is 0 Å². The molecule has 2 amide bonds. The number of amides is 2. The van der Waals surface area contributed by atoms with E-state index in [1.165, 1.54) is 4.90 Å². The molecule has 0 aromatic heterocycles. The van der Waals surface area contributed by atoms with Crippen LogP contribution in [-0.4, -0.2) is 50.5 Å². The minimum atomic E-state index is -3.84. The molecule has 7 nitrogen and oxygen atoms in total. The molecular formula is C27H31Cl2N3O4S. The van der Waals surface area contributed by atoms with Crippen molar-refractivity contribution in [3.8, 4) is 0 Å². The van der Waals surface area contributed by atoms with Gasteiger partial charge in [0.15, 0.2) is 0 Å². The van der Waals surface area contributed by atoms with Crippen LogP contribution in [0.25, 0.3) is 10.8 Å². The summed E-state index contributed by atoms with van der Waals surface area (Å²) >= 11 is 12.3. The van der Waals surface area contributed by atoms with E-state index in [2.05, 4.69) is 5.32 Å². The predicted molar refractivity (Wildman–Crippen MR) is 151 cm³/mol. The summed E-state index contributed by atoms with van der Waals surface area (Å²) < 4.78 is 27.0. The Labute approximate surface area is 228 Å². The van der Waals surface area contributed by atoms with E-state index in [4.69, 9.17) is 23.2 Å². The predicted octanol–water partition coefficient (Wildman–Crippen LogP) is 5.25. The molecule has 3 rings (SSSR count). The van der Waals surface area contributed by atoms with Crippen molar-refractivity contribution in [3.05, 3.63) is 76.3 Å². The van der Waals surface area contributed by atoms with E-state index in [9.17, 15) is 18.0 Å². The number of carbonyl (C=O) groups excluding carboxylic acids is 2. The van der Waals surface area contributed by atoms with Gasteiger partial charge in [-0.05, 0) is 42.0 Å². The highest BCUT2D eigenvalue weighted by atomic mass is 35.5. The van der Waals surface area contributed by atoms with Crippen molar-refractivity contribution in [2.75, 3.05) is 23.7 Å². The van der Waals surface area contributed by atoms with Crippen LogP contribution in [0.15, 0.2) is 60.7 Å². The molecule has 0 radical (unpaired) electrons. The molecule has 1 unspecified atom stereocenters. The topological polar surface area (TPSA) is 86.8 Å². The summed E-state index contributed by atoms with van der Waals surface area (Å²) in [5.41, 5.74) is 1.06. The Bertz CT molecular complexity index is 1380. The Morgan fingerprint density at radius 1 is 0.973 bits per heavy atom. The minimum Gasteiger partial charge on any atom is -0.354 e. The number of rotatable bonds is 11. The van der Waals surface area contributed by atoms with Gasteiger partial charge in [0.1, 0.15) is 12.6 Å². The first kappa shape index (κ1) is 28.8. The van der Waals surface area contributed by atoms with Crippen LogP contribution in [0.4, 0.5) is 5.69 Å². The SMILES string of the molecule is CCCNC(=O)C(CC)N(Cc1ccc(Cl)c(Cl)c1)C(=O)CN(c1cccc2ccccc12)S(C)(=O)=O. The summed E-state index contributed by atoms with van der Waals surface area (Å²) in [5, 5.41) is 5.09. The van der Waals surface area contributed by atoms with Crippen LogP contribution in [0.1, 0.15) is 32.3 Å². The maximum absolute atomic E-state index is 13.8. The Morgan fingerprint density at radius 2 is 1.68 bits per heavy atom. The van der Waals surface area contributed by atoms with Crippen molar-refractivity contribution in [1.82, 2.24) is 10.2 Å². The number of carbonyl (C=O) groups is 2. The van der Waals surface area contributed by atoms with Gasteiger partial charge < -0.3 is 10.2 Å². The summed E-state index contributed by atoms with van der Waals surface area (Å²) in [4.78, 5) is 28.3. The summed E-state index contributed by atoms with van der Waals surface area (Å²) in [6.07, 6.45) is 2.15. The van der Waals surface area contributed by atoms with E-state index >= 15 is 0 Å². The fraction of sp³-hybridized carbons (Fsp3) is 0.333. The van der Waals surface area contributed by atoms with Crippen LogP contribution in [-0.2, 0) is 26.2 Å². The molecule has 0 spiro atoms. The molecule has 0 heterocycles. The molecule has 3 aromatic rings. The Morgan fingerprint density at radius 3 is 2.32 bits per heavy atom. The highest BCUT2D eigenvalue weighted by molar-refractivity contribution is 7.92. The van der Waals surface area contributed by atoms with Gasteiger partial charge in [-0.1, -0.05) is 79.5 Å². The maximum atomic E-state index is 13.8. The molecule has 1 N–H and O–H groups in total. The first-order chi connectivity index (χ1) is 17.6. The zero-order valence-corrected chi connectivity index (χ0v) is 23.4. The third-order valence-electron chi connectivity index (χ3n) is 5.99. The van der Waals surface area contributed by atoms with E-state index < -0.39 is 28.5 Å². The smallest absolute Gasteiger partial charge is 0.244 e. The number of hydrogen-bond acceptors (Lipinski definition) is 4. The molecule has 3 aromatic carbocycles. The fourth-order valence-corrected chi connectivity index (χ4v) is 5.32. The van der Waals surface area contributed by atoms with Crippen LogP contribution < -0.4 is 9.62 Å². The monoisotopic (exact) mass is 563 g/mol. The fourth-order valence-electron chi connectivity index (χ4n) is 4.14. The Kier molecular flexibility index (Phi) is 9.81. The van der Waals surface area contributed by atoms with Crippen molar-refractivity contribution < 1.29 is 18.0 Å². The van der Waals surface area contributed by atoms with Crippen molar-refractivity contribution >= 4 is 61.5 Å². The van der Waals surface area contributed by atoms with Crippen LogP contribution in [0.3, 0.4) is 0 Å². The zero-order valence-electron chi connectivity index (χ0n) is 21.1. The van der Waals surface area contributed by atoms with Crippen LogP contribution in [0.5, 0.6) is 0 Å². The molecule has 198 valence electrons. The quantitative estimate of drug-likeness (QED) is 0.345. The summed E-state index contributed by atoms with van der Waals surface area (Å²) in [6, 6.07) is 16.9. The van der Waals surface area contributed by atoms with Gasteiger partial charge in [-0.25, -0.2) is 8.42 Å². The van der Waals surface area contributed by atoms with Crippen molar-refractivity contribution in [3.63, 3.8) is 0 Å². The van der Waals surface area contributed by atoms with E-state index in [-0.39, 0.29) is 12.5 Å². The minimum absolute atomic E-state index is 0.0565. The number of halogens is 2. The largest absolute Gasteiger partial charge is 0.354 e. The lowest BCUT2D eigenvalue weighted by Crippen LogP contribution is -2.52. The van der Waals surface area contributed by atoms with Gasteiger partial charge in [0.2, 0.25) is 21.8 Å². The van der Waals surface area contributed by atoms with Gasteiger partial charge in [0, 0.05) is 18.5 Å². The third kappa shape index (κ3) is 7.15. The molecule has 0 aliphatic heterocycles. The molecule has 10 heteroatoms. The Hall–Kier alpha value is -2.81. The number of benzene rings is 3. The summed E-state index contributed by atoms with van der Waals surface area (Å²) in [6.45, 7) is 3.81. The van der Waals surface area contributed by atoms with Crippen molar-refractivity contribution in [2.24, 2.45) is 0 Å². The number of hydrogen-bond donors (Lipinski definition) is 1. The highest BCUT2D eigenvalue weighted by Crippen LogP contribution is 2.29. The second kappa shape index (κ2) is 12.6. The average molecular weight is 565 g/mol. The molecule has 0 fully saturated rings. The molecule has 0 saturated heterocycles. The molecule has 1 atom stereocenters. The van der Waals surface area contributed by atoms with Crippen LogP contribution >= 0.6 is 23.2 Å². The summed E-state index contributed by atoms with van der Waals surface area (Å²) in [5.74, 6) is -0.809. The molecule has 0 bridgehead atoms. The molecule has 37 heavy (non-hydrogen) atoms. The van der Waals surface area contributed by atoms with Gasteiger partial charge in [-0.3, -0.25) is 13.9 Å². The second-order valence-corrected chi connectivity index (χ2v) is 11.5. The number of fused-ring (bicyclic) bond motifs is 1. The number of anilines is 1. The molecule has 0 aliphatic carbocycles. The lowest BCUT2D eigenvalue weighted by molar-refractivity contribution is -0.140.